The maximum absolute atomic E-state index is 12.7. The van der Waals surface area contributed by atoms with Gasteiger partial charge in [-0.3, -0.25) is 14.9 Å². The fraction of sp³-hybridized carbons (Fsp3) is 0.462. The number of hydrogen-bond acceptors (Lipinski definition) is 3. The molecule has 1 saturated heterocycles. The molecule has 0 bridgehead atoms. The first-order chi connectivity index (χ1) is 8.43. The molecule has 0 spiro atoms. The van der Waals surface area contributed by atoms with E-state index in [1.807, 2.05) is 0 Å². The summed E-state index contributed by atoms with van der Waals surface area (Å²) in [6.07, 6.45) is 4.05. The van der Waals surface area contributed by atoms with Crippen molar-refractivity contribution in [3.05, 3.63) is 23.6 Å². The van der Waals surface area contributed by atoms with Gasteiger partial charge in [-0.05, 0) is 13.3 Å². The molecule has 0 saturated carbocycles. The molecule has 5 nitrogen and oxygen atoms in total. The van der Waals surface area contributed by atoms with Gasteiger partial charge in [0, 0.05) is 33.3 Å². The van der Waals surface area contributed by atoms with E-state index in [4.69, 9.17) is 0 Å². The van der Waals surface area contributed by atoms with Gasteiger partial charge in [0.15, 0.2) is 0 Å². The maximum atomic E-state index is 12.7. The van der Waals surface area contributed by atoms with E-state index in [1.54, 1.807) is 6.92 Å². The maximum Gasteiger partial charge on any atom is 0.248 e. The molecule has 0 aliphatic carbocycles. The molecule has 1 aliphatic heterocycles. The first-order valence-corrected chi connectivity index (χ1v) is 5.51. The van der Waals surface area contributed by atoms with Gasteiger partial charge in [-0.2, -0.15) is 6.08 Å². The first kappa shape index (κ1) is 21.0. The molecule has 1 heterocycles. The second-order valence-electron chi connectivity index (χ2n) is 3.84. The average molecular weight is 453 g/mol. The van der Waals surface area contributed by atoms with Crippen molar-refractivity contribution >= 4 is 17.7 Å². The van der Waals surface area contributed by atoms with Crippen LogP contribution in [-0.2, 0) is 35.4 Å². The number of nitrogens with one attached hydrogen (secondary N) is 2. The van der Waals surface area contributed by atoms with Crippen molar-refractivity contribution < 1.29 is 39.8 Å². The molecule has 0 radical (unpaired) electrons. The van der Waals surface area contributed by atoms with Gasteiger partial charge in [0.2, 0.25) is 11.8 Å². The van der Waals surface area contributed by atoms with Crippen LogP contribution in [0, 0.1) is 6.08 Å². The Morgan fingerprint density at radius 1 is 1.50 bits per heavy atom. The molecular formula is C13H18FN2O3W-. The van der Waals surface area contributed by atoms with Crippen LogP contribution in [0.1, 0.15) is 34.1 Å². The quantitative estimate of drug-likeness (QED) is 0.292. The van der Waals surface area contributed by atoms with Gasteiger partial charge in [0.05, 0.1) is 6.04 Å². The molecule has 20 heavy (non-hydrogen) atoms. The summed E-state index contributed by atoms with van der Waals surface area (Å²) in [5.74, 6) is -2.12. The Morgan fingerprint density at radius 3 is 2.55 bits per heavy atom. The summed E-state index contributed by atoms with van der Waals surface area (Å²) in [5.41, 5.74) is 0.0136. The molecule has 0 aromatic carbocycles. The minimum Gasteiger partial charge on any atom is -0.394 e. The van der Waals surface area contributed by atoms with Gasteiger partial charge in [-0.1, -0.05) is 14.4 Å². The van der Waals surface area contributed by atoms with Crippen LogP contribution in [0.2, 0.25) is 0 Å². The molecule has 1 fully saturated rings. The van der Waals surface area contributed by atoms with Crippen LogP contribution in [0.4, 0.5) is 4.39 Å². The fourth-order valence-corrected chi connectivity index (χ4v) is 1.51. The summed E-state index contributed by atoms with van der Waals surface area (Å²) < 4.78 is 12.7. The molecule has 1 aliphatic rings. The number of carbonyl (C=O) groups excluding carboxylic acids is 3. The Balaban J connectivity index is 0. The number of imide groups is 1. The molecule has 7 heteroatoms. The van der Waals surface area contributed by atoms with Crippen molar-refractivity contribution in [2.75, 3.05) is 0 Å². The number of piperidine rings is 1. The number of hydrogen-bond donors (Lipinski definition) is 2. The predicted octanol–water partition coefficient (Wildman–Crippen LogP) is 1.16. The number of amides is 3. The average Bonchev–Trinajstić information content (AvgIpc) is 2.29. The van der Waals surface area contributed by atoms with Crippen LogP contribution in [0.5, 0.6) is 0 Å². The van der Waals surface area contributed by atoms with Gasteiger partial charge < -0.3 is 10.1 Å². The summed E-state index contributed by atoms with van der Waals surface area (Å²) in [6, 6.07) is -0.771. The normalized spacial score (nSPS) is 19.4. The van der Waals surface area contributed by atoms with Crippen molar-refractivity contribution in [2.24, 2.45) is 0 Å². The van der Waals surface area contributed by atoms with Crippen molar-refractivity contribution in [1.82, 2.24) is 10.6 Å². The van der Waals surface area contributed by atoms with Gasteiger partial charge in [0.25, 0.3) is 0 Å². The summed E-state index contributed by atoms with van der Waals surface area (Å²) in [4.78, 5) is 34.0. The SMILES string of the molecule is C.C/C=C(\[C-]=C(C)F)C(=O)NC1CCC(=O)NC1=O.[W]. The fourth-order valence-electron chi connectivity index (χ4n) is 1.51. The van der Waals surface area contributed by atoms with Crippen LogP contribution in [-0.4, -0.2) is 23.8 Å². The zero-order valence-corrected chi connectivity index (χ0v) is 13.5. The Kier molecular flexibility index (Phi) is 10.1. The van der Waals surface area contributed by atoms with E-state index < -0.39 is 23.7 Å². The molecule has 0 aromatic heterocycles. The minimum absolute atomic E-state index is 0. The standard InChI is InChI=1S/C12H14FN2O3.CH4.W/c1-3-8(6-7(2)13)11(17)14-9-4-5-10(16)15-12(9)18;;/h3,9H,4-5H2,1-2H3,(H,14,17)(H,15,16,18);1H4;/q-1;;/b8-3+;;. The van der Waals surface area contributed by atoms with E-state index in [0.29, 0.717) is 0 Å². The number of rotatable bonds is 3. The molecule has 2 N–H and O–H groups in total. The van der Waals surface area contributed by atoms with E-state index in [1.165, 1.54) is 13.0 Å². The van der Waals surface area contributed by atoms with E-state index in [-0.39, 0.29) is 52.8 Å². The number of allylic oxidation sites excluding steroid dienone is 2. The van der Waals surface area contributed by atoms with Gasteiger partial charge in [0.1, 0.15) is 5.91 Å². The van der Waals surface area contributed by atoms with Crippen molar-refractivity contribution in [3.8, 4) is 0 Å². The van der Waals surface area contributed by atoms with E-state index in [9.17, 15) is 18.8 Å². The zero-order valence-electron chi connectivity index (χ0n) is 10.6. The van der Waals surface area contributed by atoms with Gasteiger partial charge in [-0.25, -0.2) is 4.39 Å². The first-order valence-electron chi connectivity index (χ1n) is 5.51. The Bertz CT molecular complexity index is 443. The van der Waals surface area contributed by atoms with Crippen molar-refractivity contribution in [1.29, 1.82) is 0 Å². The molecule has 1 atom stereocenters. The topological polar surface area (TPSA) is 75.3 Å². The second-order valence-corrected chi connectivity index (χ2v) is 3.84. The summed E-state index contributed by atoms with van der Waals surface area (Å²) in [7, 11) is 0. The molecular weight excluding hydrogens is 435 g/mol. The van der Waals surface area contributed by atoms with Crippen LogP contribution < -0.4 is 10.6 Å². The molecule has 1 unspecified atom stereocenters. The summed E-state index contributed by atoms with van der Waals surface area (Å²) in [6.45, 7) is 2.73. The molecule has 112 valence electrons. The third-order valence-electron chi connectivity index (χ3n) is 2.38. The molecule has 1 rings (SSSR count). The number of halogens is 1. The third-order valence-corrected chi connectivity index (χ3v) is 2.38. The van der Waals surface area contributed by atoms with E-state index in [0.717, 1.165) is 0 Å². The smallest absolute Gasteiger partial charge is 0.248 e. The molecule has 0 aromatic rings. The predicted molar refractivity (Wildman–Crippen MR) is 68.3 cm³/mol. The second kappa shape index (κ2) is 9.59. The Hall–Kier alpha value is -1.29. The van der Waals surface area contributed by atoms with Crippen LogP contribution in [0.25, 0.3) is 0 Å². The minimum atomic E-state index is -0.771. The van der Waals surface area contributed by atoms with Crippen LogP contribution >= 0.6 is 0 Å². The third kappa shape index (κ3) is 6.24. The summed E-state index contributed by atoms with van der Waals surface area (Å²) >= 11 is 0. The van der Waals surface area contributed by atoms with E-state index >= 15 is 0 Å². The largest absolute Gasteiger partial charge is 0.394 e. The zero-order chi connectivity index (χ0) is 13.7. The van der Waals surface area contributed by atoms with Crippen molar-refractivity contribution in [3.63, 3.8) is 0 Å². The summed E-state index contributed by atoms with van der Waals surface area (Å²) in [5, 5.41) is 4.55. The van der Waals surface area contributed by atoms with E-state index in [2.05, 4.69) is 16.7 Å². The van der Waals surface area contributed by atoms with Crippen molar-refractivity contribution in [2.45, 2.75) is 40.2 Å². The van der Waals surface area contributed by atoms with Gasteiger partial charge >= 0.3 is 0 Å². The van der Waals surface area contributed by atoms with Gasteiger partial charge in [-0.15, -0.1) is 11.6 Å². The Labute approximate surface area is 132 Å². The van der Waals surface area contributed by atoms with Crippen LogP contribution in [0.15, 0.2) is 17.5 Å². The molecule has 3 amide bonds. The van der Waals surface area contributed by atoms with Crippen LogP contribution in [0.3, 0.4) is 0 Å². The Morgan fingerprint density at radius 2 is 2.10 bits per heavy atom. The number of carbonyl (C=O) groups is 3. The monoisotopic (exact) mass is 453 g/mol.